The molecule has 17 atom stereocenters. The molecule has 0 saturated carbocycles. The molecule has 0 aromatic heterocycles. The summed E-state index contributed by atoms with van der Waals surface area (Å²) >= 11 is 0. The molecule has 3 aliphatic heterocycles. The van der Waals surface area contributed by atoms with Gasteiger partial charge >= 0.3 is 0 Å². The average molecular weight is 1380 g/mol. The van der Waals surface area contributed by atoms with E-state index in [1.807, 2.05) is 6.08 Å². The van der Waals surface area contributed by atoms with E-state index < -0.39 is 131 Å². The number of carbonyl (C=O) groups is 1. The lowest BCUT2D eigenvalue weighted by Crippen LogP contribution is -2.66. The first-order valence-corrected chi connectivity index (χ1v) is 36.4. The van der Waals surface area contributed by atoms with Gasteiger partial charge in [-0.25, -0.2) is 0 Å². The Labute approximate surface area is 586 Å². The number of unbranched alkanes of at least 4 members (excludes halogenated alkanes) is 11. The van der Waals surface area contributed by atoms with Crippen LogP contribution in [0.4, 0.5) is 0 Å². The standard InChI is InChI=1S/C79H125NO18/c1-3-5-7-9-11-13-15-17-19-20-21-22-23-24-25-26-27-28-29-30-31-32-33-34-35-36-37-38-39-40-41-42-43-45-47-49-51-53-55-57-67(85)80-62(63(84)56-54-52-50-48-46-44-18-16-14-12-10-8-6-4-2)61-93-77-73(91)70(88)75(65(59-82)95-77)98-79-74(92)71(89)76(66(60-83)96-79)97-78-72(90)69(87)68(86)64(58-81)94-78/h5,7,11,13,17,19,21-22,24-25,27-28,30-31,33-34,36-37,39-40,42-43,46-49,54,56,62-66,68-79,81-84,86-92H,3-4,6,8-10,12,14-16,18,20,23,26,29,32,35,38,41,44-45,50-53,55,57-61H2,1-2H3,(H,80,85)/b7-5-,13-11-,19-17-,22-21-,25-24-,28-27-,31-30-,34-33-,37-36-,40-39-,43-42-,48-46+,49-47-,56-54+. The number of ether oxygens (including phenoxy) is 6. The van der Waals surface area contributed by atoms with Crippen molar-refractivity contribution in [2.45, 2.75) is 291 Å². The van der Waals surface area contributed by atoms with E-state index in [-0.39, 0.29) is 12.3 Å². The molecule has 98 heavy (non-hydrogen) atoms. The third-order valence-corrected chi connectivity index (χ3v) is 16.7. The van der Waals surface area contributed by atoms with Crippen LogP contribution in [-0.4, -0.2) is 193 Å². The third kappa shape index (κ3) is 38.3. The summed E-state index contributed by atoms with van der Waals surface area (Å²) in [5, 5.41) is 120. The topological polar surface area (TPSA) is 307 Å². The molecule has 3 heterocycles. The fraction of sp³-hybridized carbons (Fsp3) is 0.633. The molecule has 0 spiro atoms. The molecule has 3 rings (SSSR count). The maximum Gasteiger partial charge on any atom is 0.220 e. The van der Waals surface area contributed by atoms with Crippen molar-refractivity contribution in [3.8, 4) is 0 Å². The van der Waals surface area contributed by atoms with Gasteiger partial charge in [0.1, 0.15) is 73.2 Å². The summed E-state index contributed by atoms with van der Waals surface area (Å²) in [6.07, 6.45) is 59.2. The number of aliphatic hydroxyl groups excluding tert-OH is 11. The third-order valence-electron chi connectivity index (χ3n) is 16.7. The van der Waals surface area contributed by atoms with Gasteiger partial charge in [0.2, 0.25) is 5.91 Å². The second-order valence-electron chi connectivity index (χ2n) is 25.0. The quantitative estimate of drug-likeness (QED) is 0.0199. The van der Waals surface area contributed by atoms with Crippen LogP contribution in [0, 0.1) is 0 Å². The van der Waals surface area contributed by atoms with Gasteiger partial charge in [-0.3, -0.25) is 4.79 Å². The van der Waals surface area contributed by atoms with Crippen LogP contribution in [0.2, 0.25) is 0 Å². The van der Waals surface area contributed by atoms with Crippen LogP contribution in [-0.2, 0) is 33.2 Å². The van der Waals surface area contributed by atoms with Crippen LogP contribution in [0.15, 0.2) is 170 Å². The predicted octanol–water partition coefficient (Wildman–Crippen LogP) is 10.7. The number of carbonyl (C=O) groups excluding carboxylic acids is 1. The van der Waals surface area contributed by atoms with Crippen LogP contribution in [0.3, 0.4) is 0 Å². The molecule has 3 saturated heterocycles. The Morgan fingerprint density at radius 1 is 0.378 bits per heavy atom. The number of hydrogen-bond donors (Lipinski definition) is 12. The Balaban J connectivity index is 1.39. The number of allylic oxidation sites excluding steroid dienone is 27. The minimum Gasteiger partial charge on any atom is -0.394 e. The maximum atomic E-state index is 13.4. The Bertz CT molecular complexity index is 2440. The Hall–Kier alpha value is -4.85. The summed E-state index contributed by atoms with van der Waals surface area (Å²) < 4.78 is 34.3. The van der Waals surface area contributed by atoms with Crippen molar-refractivity contribution in [2.75, 3.05) is 26.4 Å². The average Bonchev–Trinajstić information content (AvgIpc) is 0.785. The summed E-state index contributed by atoms with van der Waals surface area (Å²) in [6.45, 7) is 1.52. The maximum absolute atomic E-state index is 13.4. The summed E-state index contributed by atoms with van der Waals surface area (Å²) in [6, 6.07) is -1.03. The molecule has 554 valence electrons. The molecule has 17 unspecified atom stereocenters. The molecule has 12 N–H and O–H groups in total. The lowest BCUT2D eigenvalue weighted by Gasteiger charge is -2.48. The molecule has 3 aliphatic rings. The van der Waals surface area contributed by atoms with E-state index in [0.29, 0.717) is 12.8 Å². The largest absolute Gasteiger partial charge is 0.394 e. The predicted molar refractivity (Wildman–Crippen MR) is 387 cm³/mol. The SMILES string of the molecule is CC/C=C\C/C=C\C/C=C\C/C=C\C/C=C\C/C=C\C/C=C\C/C=C\C/C=C\C/C=C\C/C=C\C/C=C\CCCCC(=O)NC(COC1OC(CO)C(OC2OC(CO)C(OC3OC(CO)C(O)C(O)C3O)C(O)C2O)C(O)C1O)C(O)/C=C/CC/C=C/CCCCCCCCCC. The highest BCUT2D eigenvalue weighted by Gasteiger charge is 2.53. The van der Waals surface area contributed by atoms with Crippen molar-refractivity contribution >= 4 is 5.91 Å². The number of nitrogens with one attached hydrogen (secondary N) is 1. The van der Waals surface area contributed by atoms with Gasteiger partial charge in [-0.05, 0) is 122 Å². The molecular weight excluding hydrogens is 1250 g/mol. The van der Waals surface area contributed by atoms with E-state index in [1.54, 1.807) is 6.08 Å². The second-order valence-corrected chi connectivity index (χ2v) is 25.0. The van der Waals surface area contributed by atoms with Gasteiger partial charge in [-0.15, -0.1) is 0 Å². The van der Waals surface area contributed by atoms with Gasteiger partial charge in [0.05, 0.1) is 38.6 Å². The molecule has 19 heteroatoms. The summed E-state index contributed by atoms with van der Waals surface area (Å²) in [4.78, 5) is 13.4. The zero-order chi connectivity index (χ0) is 71.1. The van der Waals surface area contributed by atoms with Crippen LogP contribution in [0.1, 0.15) is 187 Å². The number of rotatable bonds is 53. The van der Waals surface area contributed by atoms with Gasteiger partial charge in [0.15, 0.2) is 18.9 Å². The van der Waals surface area contributed by atoms with Crippen molar-refractivity contribution in [1.29, 1.82) is 0 Å². The number of aliphatic hydroxyl groups is 11. The highest BCUT2D eigenvalue weighted by atomic mass is 16.8. The smallest absolute Gasteiger partial charge is 0.220 e. The van der Waals surface area contributed by atoms with Gasteiger partial charge in [-0.1, -0.05) is 229 Å². The van der Waals surface area contributed by atoms with E-state index >= 15 is 0 Å². The Morgan fingerprint density at radius 2 is 0.714 bits per heavy atom. The lowest BCUT2D eigenvalue weighted by molar-refractivity contribution is -0.379. The molecule has 0 radical (unpaired) electrons. The van der Waals surface area contributed by atoms with E-state index in [9.17, 15) is 61.0 Å². The lowest BCUT2D eigenvalue weighted by atomic mass is 9.96. The van der Waals surface area contributed by atoms with Crippen molar-refractivity contribution in [3.05, 3.63) is 170 Å². The van der Waals surface area contributed by atoms with E-state index in [1.165, 1.54) is 44.9 Å². The van der Waals surface area contributed by atoms with Gasteiger partial charge in [-0.2, -0.15) is 0 Å². The Kier molecular flexibility index (Phi) is 51.5. The van der Waals surface area contributed by atoms with E-state index in [2.05, 4.69) is 177 Å². The Morgan fingerprint density at radius 3 is 1.14 bits per heavy atom. The molecule has 0 bridgehead atoms. The fourth-order valence-electron chi connectivity index (χ4n) is 10.9. The molecular formula is C79H125NO18. The van der Waals surface area contributed by atoms with Gasteiger partial charge in [0, 0.05) is 6.42 Å². The summed E-state index contributed by atoms with van der Waals surface area (Å²) in [7, 11) is 0. The molecule has 0 aromatic rings. The van der Waals surface area contributed by atoms with E-state index in [4.69, 9.17) is 28.4 Å². The van der Waals surface area contributed by atoms with Crippen LogP contribution >= 0.6 is 0 Å². The zero-order valence-electron chi connectivity index (χ0n) is 58.7. The van der Waals surface area contributed by atoms with Crippen molar-refractivity contribution in [1.82, 2.24) is 5.32 Å². The molecule has 0 aliphatic carbocycles. The molecule has 1 amide bonds. The first-order valence-electron chi connectivity index (χ1n) is 36.4. The monoisotopic (exact) mass is 1380 g/mol. The summed E-state index contributed by atoms with van der Waals surface area (Å²) in [5.41, 5.74) is 0. The second kappa shape index (κ2) is 57.7. The highest BCUT2D eigenvalue weighted by Crippen LogP contribution is 2.33. The van der Waals surface area contributed by atoms with Crippen LogP contribution in [0.25, 0.3) is 0 Å². The minimum atomic E-state index is -1.99. The van der Waals surface area contributed by atoms with Crippen LogP contribution in [0.5, 0.6) is 0 Å². The normalized spacial score (nSPS) is 27.8. The first-order chi connectivity index (χ1) is 47.8. The molecule has 3 fully saturated rings. The molecule has 19 nitrogen and oxygen atoms in total. The fourth-order valence-corrected chi connectivity index (χ4v) is 10.9. The van der Waals surface area contributed by atoms with Gasteiger partial charge in [0.25, 0.3) is 0 Å². The molecule has 0 aromatic carbocycles. The number of amides is 1. The van der Waals surface area contributed by atoms with Crippen molar-refractivity contribution in [2.24, 2.45) is 0 Å². The first kappa shape index (κ1) is 87.4. The zero-order valence-corrected chi connectivity index (χ0v) is 58.7. The number of hydrogen-bond acceptors (Lipinski definition) is 18. The van der Waals surface area contributed by atoms with Crippen LogP contribution < -0.4 is 5.32 Å². The van der Waals surface area contributed by atoms with Gasteiger partial charge < -0.3 is 89.9 Å². The summed E-state index contributed by atoms with van der Waals surface area (Å²) in [5.74, 6) is -0.336. The van der Waals surface area contributed by atoms with Crippen molar-refractivity contribution < 1.29 is 89.4 Å². The van der Waals surface area contributed by atoms with Crippen molar-refractivity contribution in [3.63, 3.8) is 0 Å². The minimum absolute atomic E-state index is 0.168. The highest BCUT2D eigenvalue weighted by molar-refractivity contribution is 5.76. The van der Waals surface area contributed by atoms with E-state index in [0.717, 1.165) is 109 Å².